The van der Waals surface area contributed by atoms with Crippen LogP contribution in [0.2, 0.25) is 0 Å². The minimum atomic E-state index is -0.477. The summed E-state index contributed by atoms with van der Waals surface area (Å²) in [5.41, 5.74) is 6.46. The second-order valence-corrected chi connectivity index (χ2v) is 7.29. The zero-order chi connectivity index (χ0) is 22.5. The third-order valence-corrected chi connectivity index (χ3v) is 4.88. The number of phenolic OH excluding ortho intramolecular Hbond substituents is 1. The van der Waals surface area contributed by atoms with Crippen LogP contribution in [0.15, 0.2) is 82.3 Å². The molecule has 0 fully saturated rings. The lowest BCUT2D eigenvalue weighted by molar-refractivity contribution is 0.0923. The maximum absolute atomic E-state index is 12.2. The topological polar surface area (TPSA) is 89.0 Å². The molecule has 2 heterocycles. The highest BCUT2D eigenvalue weighted by Gasteiger charge is 2.11. The van der Waals surface area contributed by atoms with Gasteiger partial charge in [0, 0.05) is 17.1 Å². The standard InChI is InChI=1S/C25H23N3O4/c1-17-6-7-18(2)28(17)20-8-10-22(11-9-20)31-16-23-12-13-24(32-23)25(30)27-26-15-19-4-3-5-21(29)14-19/h3-15,29H,16H2,1-2H3,(H,27,30)/b26-15+. The monoisotopic (exact) mass is 429 g/mol. The number of ether oxygens (including phenoxy) is 1. The largest absolute Gasteiger partial charge is 0.508 e. The van der Waals surface area contributed by atoms with E-state index in [1.165, 1.54) is 23.7 Å². The molecule has 2 aromatic carbocycles. The van der Waals surface area contributed by atoms with E-state index in [-0.39, 0.29) is 18.1 Å². The molecule has 7 nitrogen and oxygen atoms in total. The lowest BCUT2D eigenvalue weighted by Gasteiger charge is -2.10. The molecule has 1 amide bonds. The van der Waals surface area contributed by atoms with Gasteiger partial charge in [0.1, 0.15) is 23.9 Å². The number of amides is 1. The number of hydrazone groups is 1. The zero-order valence-electron chi connectivity index (χ0n) is 17.8. The van der Waals surface area contributed by atoms with E-state index in [0.717, 1.165) is 5.69 Å². The Morgan fingerprint density at radius 3 is 2.53 bits per heavy atom. The molecule has 7 heteroatoms. The smallest absolute Gasteiger partial charge is 0.307 e. The molecule has 0 bridgehead atoms. The highest BCUT2D eigenvalue weighted by atomic mass is 16.5. The van der Waals surface area contributed by atoms with Crippen molar-refractivity contribution in [1.82, 2.24) is 9.99 Å². The molecule has 0 radical (unpaired) electrons. The van der Waals surface area contributed by atoms with E-state index in [4.69, 9.17) is 9.15 Å². The third-order valence-electron chi connectivity index (χ3n) is 4.88. The minimum absolute atomic E-state index is 0.126. The fraction of sp³-hybridized carbons (Fsp3) is 0.120. The average Bonchev–Trinajstić information content (AvgIpc) is 3.39. The Labute approximate surface area is 185 Å². The zero-order valence-corrected chi connectivity index (χ0v) is 17.8. The number of aryl methyl sites for hydroxylation is 2. The molecule has 0 saturated heterocycles. The van der Waals surface area contributed by atoms with Crippen LogP contribution < -0.4 is 10.2 Å². The van der Waals surface area contributed by atoms with Crippen molar-refractivity contribution in [3.8, 4) is 17.2 Å². The number of aromatic hydroxyl groups is 1. The number of carbonyl (C=O) groups excluding carboxylic acids is 1. The molecule has 0 aliphatic rings. The van der Waals surface area contributed by atoms with E-state index in [1.807, 2.05) is 24.3 Å². The predicted octanol–water partition coefficient (Wildman–Crippen LogP) is 4.74. The first kappa shape index (κ1) is 21.0. The summed E-state index contributed by atoms with van der Waals surface area (Å²) in [5.74, 6) is 1.00. The summed E-state index contributed by atoms with van der Waals surface area (Å²) >= 11 is 0. The number of nitrogens with one attached hydrogen (secondary N) is 1. The Hall–Kier alpha value is -4.26. The van der Waals surface area contributed by atoms with Gasteiger partial charge in [-0.3, -0.25) is 4.79 Å². The van der Waals surface area contributed by atoms with E-state index in [1.54, 1.807) is 30.3 Å². The van der Waals surface area contributed by atoms with Gasteiger partial charge in [-0.1, -0.05) is 12.1 Å². The van der Waals surface area contributed by atoms with Gasteiger partial charge in [-0.2, -0.15) is 5.10 Å². The van der Waals surface area contributed by atoms with Crippen molar-refractivity contribution in [3.63, 3.8) is 0 Å². The number of carbonyl (C=O) groups is 1. The van der Waals surface area contributed by atoms with Gasteiger partial charge < -0.3 is 18.8 Å². The number of furan rings is 1. The van der Waals surface area contributed by atoms with Crippen LogP contribution in [0.5, 0.6) is 11.5 Å². The van der Waals surface area contributed by atoms with Crippen molar-refractivity contribution in [3.05, 3.63) is 101 Å². The van der Waals surface area contributed by atoms with Crippen LogP contribution in [0.25, 0.3) is 5.69 Å². The summed E-state index contributed by atoms with van der Waals surface area (Å²) in [7, 11) is 0. The van der Waals surface area contributed by atoms with Crippen LogP contribution in [-0.4, -0.2) is 21.8 Å². The minimum Gasteiger partial charge on any atom is -0.508 e. The van der Waals surface area contributed by atoms with Crippen molar-refractivity contribution in [2.45, 2.75) is 20.5 Å². The Morgan fingerprint density at radius 2 is 1.81 bits per heavy atom. The van der Waals surface area contributed by atoms with Gasteiger partial charge in [0.25, 0.3) is 0 Å². The second kappa shape index (κ2) is 9.26. The molecule has 0 saturated carbocycles. The van der Waals surface area contributed by atoms with E-state index in [2.05, 4.69) is 41.1 Å². The van der Waals surface area contributed by atoms with Gasteiger partial charge in [0.05, 0.1) is 6.21 Å². The first-order valence-electron chi connectivity index (χ1n) is 10.1. The van der Waals surface area contributed by atoms with Gasteiger partial charge in [0.2, 0.25) is 0 Å². The predicted molar refractivity (Wildman–Crippen MR) is 121 cm³/mol. The molecule has 0 unspecified atom stereocenters. The van der Waals surface area contributed by atoms with Crippen molar-refractivity contribution >= 4 is 12.1 Å². The van der Waals surface area contributed by atoms with Crippen LogP contribution in [0, 0.1) is 13.8 Å². The molecular weight excluding hydrogens is 406 g/mol. The fourth-order valence-electron chi connectivity index (χ4n) is 3.32. The Kier molecular flexibility index (Phi) is 6.07. The van der Waals surface area contributed by atoms with Crippen LogP contribution in [0.4, 0.5) is 0 Å². The second-order valence-electron chi connectivity index (χ2n) is 7.29. The summed E-state index contributed by atoms with van der Waals surface area (Å²) in [4.78, 5) is 12.2. The molecule has 162 valence electrons. The number of phenols is 1. The number of nitrogens with zero attached hydrogens (tertiary/aromatic N) is 2. The summed E-state index contributed by atoms with van der Waals surface area (Å²) in [6, 6.07) is 21.8. The van der Waals surface area contributed by atoms with Gasteiger partial charge in [-0.15, -0.1) is 0 Å². The summed E-state index contributed by atoms with van der Waals surface area (Å²) in [5, 5.41) is 13.3. The lowest BCUT2D eigenvalue weighted by Crippen LogP contribution is -2.16. The van der Waals surface area contributed by atoms with Crippen molar-refractivity contribution in [2.24, 2.45) is 5.10 Å². The quantitative estimate of drug-likeness (QED) is 0.328. The molecule has 2 N–H and O–H groups in total. The highest BCUT2D eigenvalue weighted by molar-refractivity contribution is 5.92. The summed E-state index contributed by atoms with van der Waals surface area (Å²) < 4.78 is 13.5. The number of hydrogen-bond donors (Lipinski definition) is 2. The van der Waals surface area contributed by atoms with Gasteiger partial charge in [-0.05, 0) is 80.1 Å². The number of aromatic nitrogens is 1. The molecule has 4 rings (SSSR count). The average molecular weight is 429 g/mol. The van der Waals surface area contributed by atoms with Crippen LogP contribution in [0.3, 0.4) is 0 Å². The Bertz CT molecular complexity index is 1230. The van der Waals surface area contributed by atoms with Gasteiger partial charge in [0.15, 0.2) is 5.76 Å². The van der Waals surface area contributed by atoms with Crippen molar-refractivity contribution in [1.29, 1.82) is 0 Å². The number of hydrogen-bond acceptors (Lipinski definition) is 5. The van der Waals surface area contributed by atoms with Crippen LogP contribution in [0.1, 0.15) is 33.3 Å². The van der Waals surface area contributed by atoms with Gasteiger partial charge >= 0.3 is 5.91 Å². The summed E-state index contributed by atoms with van der Waals surface area (Å²) in [6.07, 6.45) is 1.44. The molecule has 0 spiro atoms. The third kappa shape index (κ3) is 4.89. The molecule has 0 aliphatic carbocycles. The van der Waals surface area contributed by atoms with E-state index >= 15 is 0 Å². The molecule has 2 aromatic heterocycles. The molecule has 0 atom stereocenters. The molecule has 4 aromatic rings. The maximum Gasteiger partial charge on any atom is 0.307 e. The SMILES string of the molecule is Cc1ccc(C)n1-c1ccc(OCc2ccc(C(=O)N/N=C/c3cccc(O)c3)o2)cc1. The highest BCUT2D eigenvalue weighted by Crippen LogP contribution is 2.21. The Morgan fingerprint density at radius 1 is 1.06 bits per heavy atom. The lowest BCUT2D eigenvalue weighted by atomic mass is 10.2. The molecule has 0 aliphatic heterocycles. The van der Waals surface area contributed by atoms with E-state index in [9.17, 15) is 9.90 Å². The normalized spacial score (nSPS) is 11.1. The number of rotatable bonds is 7. The Balaban J connectivity index is 1.32. The fourth-order valence-corrected chi connectivity index (χ4v) is 3.32. The van der Waals surface area contributed by atoms with Crippen molar-refractivity contribution < 1.29 is 19.1 Å². The van der Waals surface area contributed by atoms with E-state index < -0.39 is 5.91 Å². The first-order chi connectivity index (χ1) is 15.5. The molecule has 32 heavy (non-hydrogen) atoms. The first-order valence-corrected chi connectivity index (χ1v) is 10.1. The van der Waals surface area contributed by atoms with Gasteiger partial charge in [-0.25, -0.2) is 5.43 Å². The molecular formula is C25H23N3O4. The van der Waals surface area contributed by atoms with Crippen LogP contribution >= 0.6 is 0 Å². The summed E-state index contributed by atoms with van der Waals surface area (Å²) in [6.45, 7) is 4.33. The van der Waals surface area contributed by atoms with Crippen LogP contribution in [-0.2, 0) is 6.61 Å². The van der Waals surface area contributed by atoms with Crippen molar-refractivity contribution in [2.75, 3.05) is 0 Å². The number of benzene rings is 2. The maximum atomic E-state index is 12.2. The van der Waals surface area contributed by atoms with E-state index in [0.29, 0.717) is 17.1 Å².